The van der Waals surface area contributed by atoms with E-state index in [4.69, 9.17) is 0 Å². The van der Waals surface area contributed by atoms with Crippen molar-refractivity contribution in [3.8, 4) is 0 Å². The zero-order chi connectivity index (χ0) is 12.5. The molecule has 0 amide bonds. The van der Waals surface area contributed by atoms with Crippen molar-refractivity contribution in [2.24, 2.45) is 0 Å². The van der Waals surface area contributed by atoms with Crippen molar-refractivity contribution in [1.29, 1.82) is 0 Å². The van der Waals surface area contributed by atoms with Gasteiger partial charge in [-0.05, 0) is 56.0 Å². The van der Waals surface area contributed by atoms with Crippen LogP contribution >= 0.6 is 0 Å². The number of benzene rings is 1. The molecular weight excluding hydrogens is 227 g/mol. The van der Waals surface area contributed by atoms with Crippen molar-refractivity contribution in [2.75, 3.05) is 13.1 Å². The van der Waals surface area contributed by atoms with Crippen LogP contribution < -0.4 is 5.32 Å². The Labute approximate surface area is 108 Å². The fourth-order valence-corrected chi connectivity index (χ4v) is 3.39. The van der Waals surface area contributed by atoms with Crippen LogP contribution in [0.15, 0.2) is 18.2 Å². The van der Waals surface area contributed by atoms with Gasteiger partial charge in [0.1, 0.15) is 5.82 Å². The molecule has 2 aliphatic rings. The third-order valence-corrected chi connectivity index (χ3v) is 4.47. The highest BCUT2D eigenvalue weighted by Crippen LogP contribution is 2.28. The average molecular weight is 248 g/mol. The van der Waals surface area contributed by atoms with E-state index in [0.29, 0.717) is 6.04 Å². The van der Waals surface area contributed by atoms with Gasteiger partial charge in [-0.3, -0.25) is 4.90 Å². The molecule has 1 aromatic carbocycles. The van der Waals surface area contributed by atoms with Crippen molar-refractivity contribution < 1.29 is 4.39 Å². The lowest BCUT2D eigenvalue weighted by atomic mass is 10.0. The second kappa shape index (κ2) is 4.98. The van der Waals surface area contributed by atoms with Gasteiger partial charge in [-0.25, -0.2) is 4.39 Å². The number of nitrogens with one attached hydrogen (secondary N) is 1. The zero-order valence-corrected chi connectivity index (χ0v) is 11.0. The number of fused-ring (bicyclic) bond motifs is 1. The van der Waals surface area contributed by atoms with Crippen LogP contribution in [0.4, 0.5) is 4.39 Å². The molecule has 0 aromatic heterocycles. The van der Waals surface area contributed by atoms with Gasteiger partial charge >= 0.3 is 0 Å². The SMILES string of the molecule is Cc1ccc(F)cc1CNC1CCN2CCCC12. The summed E-state index contributed by atoms with van der Waals surface area (Å²) in [6, 6.07) is 6.37. The quantitative estimate of drug-likeness (QED) is 0.884. The molecule has 2 fully saturated rings. The fourth-order valence-electron chi connectivity index (χ4n) is 3.39. The Morgan fingerprint density at radius 2 is 2.22 bits per heavy atom. The molecule has 18 heavy (non-hydrogen) atoms. The van der Waals surface area contributed by atoms with Crippen molar-refractivity contribution >= 4 is 0 Å². The standard InChI is InChI=1S/C15H21FN2/c1-11-4-5-13(16)9-12(11)10-17-14-6-8-18-7-2-3-15(14)18/h4-5,9,14-15,17H,2-3,6-8,10H2,1H3. The maximum Gasteiger partial charge on any atom is 0.123 e. The highest BCUT2D eigenvalue weighted by atomic mass is 19.1. The Bertz CT molecular complexity index is 433. The van der Waals surface area contributed by atoms with E-state index in [1.54, 1.807) is 6.07 Å². The van der Waals surface area contributed by atoms with Crippen LogP contribution in [0.5, 0.6) is 0 Å². The molecule has 1 N–H and O–H groups in total. The molecule has 2 nitrogen and oxygen atoms in total. The van der Waals surface area contributed by atoms with E-state index in [1.165, 1.54) is 44.0 Å². The molecule has 1 aromatic rings. The van der Waals surface area contributed by atoms with Gasteiger partial charge in [-0.2, -0.15) is 0 Å². The van der Waals surface area contributed by atoms with Crippen molar-refractivity contribution in [1.82, 2.24) is 10.2 Å². The maximum absolute atomic E-state index is 13.2. The number of hydrogen-bond donors (Lipinski definition) is 1. The van der Waals surface area contributed by atoms with Crippen molar-refractivity contribution in [3.63, 3.8) is 0 Å². The summed E-state index contributed by atoms with van der Waals surface area (Å²) in [5, 5.41) is 3.63. The lowest BCUT2D eigenvalue weighted by Gasteiger charge is -2.21. The Hall–Kier alpha value is -0.930. The molecule has 98 valence electrons. The molecule has 0 bridgehead atoms. The van der Waals surface area contributed by atoms with Gasteiger partial charge in [0, 0.05) is 25.2 Å². The Morgan fingerprint density at radius 3 is 3.11 bits per heavy atom. The normalized spacial score (nSPS) is 27.7. The molecule has 2 saturated heterocycles. The van der Waals surface area contributed by atoms with E-state index < -0.39 is 0 Å². The molecule has 2 atom stereocenters. The molecule has 2 aliphatic heterocycles. The minimum atomic E-state index is -0.133. The predicted octanol–water partition coefficient (Wildman–Crippen LogP) is 2.46. The summed E-state index contributed by atoms with van der Waals surface area (Å²) < 4.78 is 13.2. The molecule has 2 unspecified atom stereocenters. The van der Waals surface area contributed by atoms with Crippen molar-refractivity contribution in [2.45, 2.75) is 44.8 Å². The van der Waals surface area contributed by atoms with Gasteiger partial charge in [-0.15, -0.1) is 0 Å². The van der Waals surface area contributed by atoms with Crippen LogP contribution in [0.3, 0.4) is 0 Å². The molecule has 0 aliphatic carbocycles. The number of aryl methyl sites for hydroxylation is 1. The monoisotopic (exact) mass is 248 g/mol. The summed E-state index contributed by atoms with van der Waals surface area (Å²) in [4.78, 5) is 2.59. The van der Waals surface area contributed by atoms with Crippen LogP contribution in [0.25, 0.3) is 0 Å². The smallest absolute Gasteiger partial charge is 0.123 e. The van der Waals surface area contributed by atoms with E-state index in [9.17, 15) is 4.39 Å². The minimum absolute atomic E-state index is 0.133. The first-order valence-corrected chi connectivity index (χ1v) is 6.96. The first-order valence-electron chi connectivity index (χ1n) is 6.96. The van der Waals surface area contributed by atoms with E-state index in [2.05, 4.69) is 10.2 Å². The Balaban J connectivity index is 1.62. The first kappa shape index (κ1) is 12.1. The topological polar surface area (TPSA) is 15.3 Å². The summed E-state index contributed by atoms with van der Waals surface area (Å²) in [6.07, 6.45) is 3.89. The molecule has 0 radical (unpaired) electrons. The molecule has 3 rings (SSSR count). The third-order valence-electron chi connectivity index (χ3n) is 4.47. The first-order chi connectivity index (χ1) is 8.74. The average Bonchev–Trinajstić information content (AvgIpc) is 2.93. The van der Waals surface area contributed by atoms with E-state index in [1.807, 2.05) is 13.0 Å². The molecular formula is C15H21FN2. The second-order valence-corrected chi connectivity index (χ2v) is 5.59. The maximum atomic E-state index is 13.2. The van der Waals surface area contributed by atoms with Crippen LogP contribution in [-0.4, -0.2) is 30.1 Å². The van der Waals surface area contributed by atoms with E-state index >= 15 is 0 Å². The number of rotatable bonds is 3. The van der Waals surface area contributed by atoms with Gasteiger partial charge in [0.15, 0.2) is 0 Å². The van der Waals surface area contributed by atoms with E-state index in [0.717, 1.165) is 18.2 Å². The highest BCUT2D eigenvalue weighted by molar-refractivity contribution is 5.26. The van der Waals surface area contributed by atoms with Crippen LogP contribution in [0.1, 0.15) is 30.4 Å². The summed E-state index contributed by atoms with van der Waals surface area (Å²) in [6.45, 7) is 5.33. The minimum Gasteiger partial charge on any atom is -0.308 e. The lowest BCUT2D eigenvalue weighted by Crippen LogP contribution is -2.38. The Kier molecular flexibility index (Phi) is 3.35. The van der Waals surface area contributed by atoms with Gasteiger partial charge in [0.25, 0.3) is 0 Å². The predicted molar refractivity (Wildman–Crippen MR) is 71.0 cm³/mol. The third kappa shape index (κ3) is 2.29. The zero-order valence-electron chi connectivity index (χ0n) is 11.0. The molecule has 0 saturated carbocycles. The van der Waals surface area contributed by atoms with Gasteiger partial charge in [0.05, 0.1) is 0 Å². The van der Waals surface area contributed by atoms with Crippen LogP contribution in [0, 0.1) is 12.7 Å². The Morgan fingerprint density at radius 1 is 1.33 bits per heavy atom. The molecule has 0 spiro atoms. The largest absolute Gasteiger partial charge is 0.308 e. The number of nitrogens with zero attached hydrogens (tertiary/aromatic N) is 1. The van der Waals surface area contributed by atoms with Gasteiger partial charge in [0.2, 0.25) is 0 Å². The fraction of sp³-hybridized carbons (Fsp3) is 0.600. The number of hydrogen-bond acceptors (Lipinski definition) is 2. The summed E-state index contributed by atoms with van der Waals surface area (Å²) >= 11 is 0. The highest BCUT2D eigenvalue weighted by Gasteiger charge is 2.36. The van der Waals surface area contributed by atoms with Crippen LogP contribution in [0.2, 0.25) is 0 Å². The number of halogens is 1. The molecule has 2 heterocycles. The molecule has 3 heteroatoms. The van der Waals surface area contributed by atoms with Crippen molar-refractivity contribution in [3.05, 3.63) is 35.1 Å². The van der Waals surface area contributed by atoms with Gasteiger partial charge < -0.3 is 5.32 Å². The lowest BCUT2D eigenvalue weighted by molar-refractivity contribution is 0.298. The second-order valence-electron chi connectivity index (χ2n) is 5.59. The summed E-state index contributed by atoms with van der Waals surface area (Å²) in [5.41, 5.74) is 2.26. The summed E-state index contributed by atoms with van der Waals surface area (Å²) in [5.74, 6) is -0.133. The van der Waals surface area contributed by atoms with Crippen LogP contribution in [-0.2, 0) is 6.54 Å². The van der Waals surface area contributed by atoms with E-state index in [-0.39, 0.29) is 5.82 Å². The summed E-state index contributed by atoms with van der Waals surface area (Å²) in [7, 11) is 0. The van der Waals surface area contributed by atoms with Gasteiger partial charge in [-0.1, -0.05) is 6.07 Å².